The standard InChI is InChI=1S/C12H21NO3/c1-2-16-12(14)9-3-4-10(7-9)13-11-5-6-15-8-11/h9-11,13H,2-8H2,1H3. The molecule has 16 heavy (non-hydrogen) atoms. The van der Waals surface area contributed by atoms with Crippen molar-refractivity contribution in [2.75, 3.05) is 19.8 Å². The molecule has 0 aromatic rings. The van der Waals surface area contributed by atoms with E-state index in [1.54, 1.807) is 0 Å². The number of carbonyl (C=O) groups is 1. The van der Waals surface area contributed by atoms with E-state index in [2.05, 4.69) is 5.32 Å². The van der Waals surface area contributed by atoms with Crippen molar-refractivity contribution in [3.63, 3.8) is 0 Å². The highest BCUT2D eigenvalue weighted by molar-refractivity contribution is 5.72. The molecule has 4 heteroatoms. The zero-order chi connectivity index (χ0) is 11.4. The van der Waals surface area contributed by atoms with Crippen LogP contribution in [0.25, 0.3) is 0 Å². The second kappa shape index (κ2) is 5.64. The molecular formula is C12H21NO3. The van der Waals surface area contributed by atoms with Crippen molar-refractivity contribution in [1.29, 1.82) is 0 Å². The Morgan fingerprint density at radius 2 is 2.25 bits per heavy atom. The summed E-state index contributed by atoms with van der Waals surface area (Å²) in [6.45, 7) is 4.04. The fourth-order valence-corrected chi connectivity index (χ4v) is 2.61. The van der Waals surface area contributed by atoms with Crippen LogP contribution >= 0.6 is 0 Å². The van der Waals surface area contributed by atoms with Crippen molar-refractivity contribution in [3.8, 4) is 0 Å². The van der Waals surface area contributed by atoms with Gasteiger partial charge in [0, 0.05) is 18.7 Å². The molecular weight excluding hydrogens is 206 g/mol. The first-order valence-electron chi connectivity index (χ1n) is 6.30. The van der Waals surface area contributed by atoms with Gasteiger partial charge in [0.2, 0.25) is 0 Å². The van der Waals surface area contributed by atoms with Gasteiger partial charge in [-0.3, -0.25) is 4.79 Å². The maximum atomic E-state index is 11.6. The minimum Gasteiger partial charge on any atom is -0.466 e. The summed E-state index contributed by atoms with van der Waals surface area (Å²) in [6.07, 6.45) is 4.07. The van der Waals surface area contributed by atoms with Gasteiger partial charge in [0.25, 0.3) is 0 Å². The Kier molecular flexibility index (Phi) is 4.18. The summed E-state index contributed by atoms with van der Waals surface area (Å²) in [5, 5.41) is 3.57. The molecule has 1 aliphatic carbocycles. The molecule has 1 N–H and O–H groups in total. The molecule has 0 amide bonds. The molecule has 0 aromatic heterocycles. The number of hydrogen-bond acceptors (Lipinski definition) is 4. The zero-order valence-electron chi connectivity index (χ0n) is 9.91. The van der Waals surface area contributed by atoms with Crippen LogP contribution < -0.4 is 5.32 Å². The normalized spacial score (nSPS) is 34.2. The lowest BCUT2D eigenvalue weighted by Crippen LogP contribution is -2.37. The number of carbonyl (C=O) groups excluding carboxylic acids is 1. The minimum atomic E-state index is -0.0190. The second-order valence-electron chi connectivity index (χ2n) is 4.69. The smallest absolute Gasteiger partial charge is 0.308 e. The number of nitrogens with one attached hydrogen (secondary N) is 1. The maximum absolute atomic E-state index is 11.6. The van der Waals surface area contributed by atoms with Crippen molar-refractivity contribution in [2.24, 2.45) is 5.92 Å². The van der Waals surface area contributed by atoms with E-state index in [4.69, 9.17) is 9.47 Å². The summed E-state index contributed by atoms with van der Waals surface area (Å²) in [7, 11) is 0. The van der Waals surface area contributed by atoms with Crippen LogP contribution in [0.5, 0.6) is 0 Å². The highest BCUT2D eigenvalue weighted by Gasteiger charge is 2.32. The molecule has 3 atom stereocenters. The van der Waals surface area contributed by atoms with Gasteiger partial charge in [-0.25, -0.2) is 0 Å². The predicted octanol–water partition coefficient (Wildman–Crippen LogP) is 1.10. The number of hydrogen-bond donors (Lipinski definition) is 1. The number of esters is 1. The van der Waals surface area contributed by atoms with Crippen LogP contribution in [0.2, 0.25) is 0 Å². The Morgan fingerprint density at radius 1 is 1.38 bits per heavy atom. The van der Waals surface area contributed by atoms with Gasteiger partial charge in [0.15, 0.2) is 0 Å². The number of rotatable bonds is 4. The van der Waals surface area contributed by atoms with E-state index < -0.39 is 0 Å². The van der Waals surface area contributed by atoms with Crippen LogP contribution in [-0.4, -0.2) is 37.9 Å². The quantitative estimate of drug-likeness (QED) is 0.731. The van der Waals surface area contributed by atoms with E-state index in [1.165, 1.54) is 0 Å². The SMILES string of the molecule is CCOC(=O)C1CCC(NC2CCOC2)C1. The van der Waals surface area contributed by atoms with Crippen LogP contribution in [0, 0.1) is 5.92 Å². The molecule has 1 saturated carbocycles. The summed E-state index contributed by atoms with van der Waals surface area (Å²) in [5.74, 6) is 0.0919. The molecule has 0 spiro atoms. The maximum Gasteiger partial charge on any atom is 0.308 e. The van der Waals surface area contributed by atoms with Gasteiger partial charge in [0.1, 0.15) is 0 Å². The average molecular weight is 227 g/mol. The van der Waals surface area contributed by atoms with Gasteiger partial charge in [-0.15, -0.1) is 0 Å². The Morgan fingerprint density at radius 3 is 2.94 bits per heavy atom. The van der Waals surface area contributed by atoms with Crippen LogP contribution in [0.4, 0.5) is 0 Å². The van der Waals surface area contributed by atoms with E-state index in [-0.39, 0.29) is 11.9 Å². The molecule has 1 heterocycles. The summed E-state index contributed by atoms with van der Waals surface area (Å²) in [5.41, 5.74) is 0. The van der Waals surface area contributed by atoms with Crippen molar-refractivity contribution >= 4 is 5.97 Å². The molecule has 1 saturated heterocycles. The Hall–Kier alpha value is -0.610. The van der Waals surface area contributed by atoms with Crippen molar-refractivity contribution in [2.45, 2.75) is 44.7 Å². The second-order valence-corrected chi connectivity index (χ2v) is 4.69. The lowest BCUT2D eigenvalue weighted by molar-refractivity contribution is -0.147. The van der Waals surface area contributed by atoms with Crippen LogP contribution in [0.1, 0.15) is 32.6 Å². The molecule has 2 rings (SSSR count). The molecule has 2 aliphatic rings. The molecule has 1 aliphatic heterocycles. The van der Waals surface area contributed by atoms with Gasteiger partial charge < -0.3 is 14.8 Å². The summed E-state index contributed by atoms with van der Waals surface area (Å²) < 4.78 is 10.4. The molecule has 3 unspecified atom stereocenters. The molecule has 0 bridgehead atoms. The molecule has 0 radical (unpaired) electrons. The highest BCUT2D eigenvalue weighted by atomic mass is 16.5. The largest absolute Gasteiger partial charge is 0.466 e. The molecule has 4 nitrogen and oxygen atoms in total. The van der Waals surface area contributed by atoms with Gasteiger partial charge in [-0.2, -0.15) is 0 Å². The molecule has 2 fully saturated rings. The Bertz CT molecular complexity index is 238. The van der Waals surface area contributed by atoms with Crippen molar-refractivity contribution in [3.05, 3.63) is 0 Å². The first kappa shape index (κ1) is 11.9. The van der Waals surface area contributed by atoms with Crippen molar-refractivity contribution in [1.82, 2.24) is 5.32 Å². The van der Waals surface area contributed by atoms with E-state index in [0.717, 1.165) is 38.9 Å². The van der Waals surface area contributed by atoms with Gasteiger partial charge >= 0.3 is 5.97 Å². The van der Waals surface area contributed by atoms with E-state index in [9.17, 15) is 4.79 Å². The number of ether oxygens (including phenoxy) is 2. The lowest BCUT2D eigenvalue weighted by Gasteiger charge is -2.17. The fourth-order valence-electron chi connectivity index (χ4n) is 2.61. The molecule has 92 valence electrons. The summed E-state index contributed by atoms with van der Waals surface area (Å²) in [6, 6.07) is 0.965. The van der Waals surface area contributed by atoms with E-state index in [1.807, 2.05) is 6.92 Å². The van der Waals surface area contributed by atoms with Crippen LogP contribution in [-0.2, 0) is 14.3 Å². The fraction of sp³-hybridized carbons (Fsp3) is 0.917. The van der Waals surface area contributed by atoms with E-state index >= 15 is 0 Å². The minimum absolute atomic E-state index is 0.0190. The molecule has 0 aromatic carbocycles. The third kappa shape index (κ3) is 2.95. The van der Waals surface area contributed by atoms with Crippen LogP contribution in [0.3, 0.4) is 0 Å². The zero-order valence-corrected chi connectivity index (χ0v) is 9.91. The lowest BCUT2D eigenvalue weighted by atomic mass is 10.1. The highest BCUT2D eigenvalue weighted by Crippen LogP contribution is 2.27. The predicted molar refractivity (Wildman–Crippen MR) is 60.1 cm³/mol. The third-order valence-electron chi connectivity index (χ3n) is 3.45. The first-order valence-corrected chi connectivity index (χ1v) is 6.30. The third-order valence-corrected chi connectivity index (χ3v) is 3.45. The topological polar surface area (TPSA) is 47.6 Å². The van der Waals surface area contributed by atoms with Crippen LogP contribution in [0.15, 0.2) is 0 Å². The van der Waals surface area contributed by atoms with Gasteiger partial charge in [0.05, 0.1) is 19.1 Å². The van der Waals surface area contributed by atoms with Gasteiger partial charge in [-0.05, 0) is 32.6 Å². The van der Waals surface area contributed by atoms with Gasteiger partial charge in [-0.1, -0.05) is 0 Å². The average Bonchev–Trinajstić information content (AvgIpc) is 2.90. The summed E-state index contributed by atoms with van der Waals surface area (Å²) >= 11 is 0. The monoisotopic (exact) mass is 227 g/mol. The Labute approximate surface area is 96.7 Å². The van der Waals surface area contributed by atoms with E-state index in [0.29, 0.717) is 18.7 Å². The van der Waals surface area contributed by atoms with Crippen molar-refractivity contribution < 1.29 is 14.3 Å². The summed E-state index contributed by atoms with van der Waals surface area (Å²) in [4.78, 5) is 11.6. The first-order chi connectivity index (χ1) is 7.79. The Balaban J connectivity index is 1.72.